The molecule has 1 saturated carbocycles. The second-order valence-electron chi connectivity index (χ2n) is 4.78. The quantitative estimate of drug-likeness (QED) is 0.821. The third kappa shape index (κ3) is 2.79. The minimum Gasteiger partial charge on any atom is -0.396 e. The molecule has 1 aromatic rings. The molecule has 1 aliphatic carbocycles. The molecule has 0 atom stereocenters. The molecule has 2 N–H and O–H groups in total. The van der Waals surface area contributed by atoms with Gasteiger partial charge in [-0.05, 0) is 44.6 Å². The van der Waals surface area contributed by atoms with E-state index < -0.39 is 0 Å². The van der Waals surface area contributed by atoms with E-state index in [9.17, 15) is 0 Å². The summed E-state index contributed by atoms with van der Waals surface area (Å²) in [6.07, 6.45) is 8.95. The molecule has 1 fully saturated rings. The average molecular weight is 222 g/mol. The molecule has 0 aromatic carbocycles. The lowest BCUT2D eigenvalue weighted by atomic mass is 9.86. The van der Waals surface area contributed by atoms with Gasteiger partial charge >= 0.3 is 0 Å². The molecule has 16 heavy (non-hydrogen) atoms. The predicted molar refractivity (Wildman–Crippen MR) is 66.6 cm³/mol. The number of anilines is 1. The van der Waals surface area contributed by atoms with Gasteiger partial charge in [-0.2, -0.15) is 0 Å². The molecule has 90 valence electrons. The first kappa shape index (κ1) is 11.5. The van der Waals surface area contributed by atoms with E-state index >= 15 is 0 Å². The van der Waals surface area contributed by atoms with Crippen molar-refractivity contribution in [3.63, 3.8) is 0 Å². The van der Waals surface area contributed by atoms with Crippen LogP contribution in [0.25, 0.3) is 0 Å². The third-order valence-electron chi connectivity index (χ3n) is 3.59. The van der Waals surface area contributed by atoms with Crippen LogP contribution in [0.5, 0.6) is 0 Å². The number of rotatable bonds is 4. The summed E-state index contributed by atoms with van der Waals surface area (Å²) >= 11 is 0. The van der Waals surface area contributed by atoms with Crippen molar-refractivity contribution in [3.05, 3.63) is 18.5 Å². The van der Waals surface area contributed by atoms with Crippen molar-refractivity contribution >= 4 is 5.69 Å². The molecule has 0 amide bonds. The van der Waals surface area contributed by atoms with Crippen molar-refractivity contribution < 1.29 is 5.11 Å². The van der Waals surface area contributed by atoms with Crippen molar-refractivity contribution in [1.82, 2.24) is 4.57 Å². The van der Waals surface area contributed by atoms with Crippen molar-refractivity contribution in [3.8, 4) is 0 Å². The summed E-state index contributed by atoms with van der Waals surface area (Å²) in [5.74, 6) is 0.540. The van der Waals surface area contributed by atoms with E-state index in [1.807, 2.05) is 0 Å². The molecular formula is C13H22N2O. The molecule has 1 heterocycles. The minimum absolute atomic E-state index is 0.360. The molecule has 1 aliphatic rings. The molecule has 0 unspecified atom stereocenters. The lowest BCUT2D eigenvalue weighted by Crippen LogP contribution is -2.27. The smallest absolute Gasteiger partial charge is 0.0522 e. The number of nitrogens with one attached hydrogen (secondary N) is 1. The predicted octanol–water partition coefficient (Wildman–Crippen LogP) is 2.47. The molecule has 0 saturated heterocycles. The summed E-state index contributed by atoms with van der Waals surface area (Å²) in [4.78, 5) is 0. The summed E-state index contributed by atoms with van der Waals surface area (Å²) in [5, 5.41) is 12.7. The van der Waals surface area contributed by atoms with Crippen LogP contribution in [0.2, 0.25) is 0 Å². The second-order valence-corrected chi connectivity index (χ2v) is 4.78. The number of aryl methyl sites for hydroxylation is 1. The Morgan fingerprint density at radius 3 is 2.69 bits per heavy atom. The monoisotopic (exact) mass is 222 g/mol. The number of aromatic nitrogens is 1. The first-order valence-corrected chi connectivity index (χ1v) is 6.35. The maximum Gasteiger partial charge on any atom is 0.0522 e. The SMILES string of the molecule is CCn1ccc(NC2CCC(CO)CC2)c1. The Labute approximate surface area is 97.5 Å². The number of hydrogen-bond acceptors (Lipinski definition) is 2. The average Bonchev–Trinajstić information content (AvgIpc) is 2.78. The van der Waals surface area contributed by atoms with Gasteiger partial charge in [0.15, 0.2) is 0 Å². The van der Waals surface area contributed by atoms with E-state index in [0.29, 0.717) is 18.6 Å². The van der Waals surface area contributed by atoms with Crippen LogP contribution >= 0.6 is 0 Å². The lowest BCUT2D eigenvalue weighted by Gasteiger charge is -2.28. The van der Waals surface area contributed by atoms with E-state index in [4.69, 9.17) is 5.11 Å². The molecule has 1 aromatic heterocycles. The minimum atomic E-state index is 0.360. The zero-order valence-corrected chi connectivity index (χ0v) is 10.0. The van der Waals surface area contributed by atoms with E-state index in [0.717, 1.165) is 19.4 Å². The Kier molecular flexibility index (Phi) is 3.88. The summed E-state index contributed by atoms with van der Waals surface area (Å²) in [6, 6.07) is 2.73. The molecule has 0 spiro atoms. The Morgan fingerprint density at radius 2 is 2.12 bits per heavy atom. The van der Waals surface area contributed by atoms with Gasteiger partial charge in [0.25, 0.3) is 0 Å². The zero-order valence-electron chi connectivity index (χ0n) is 10.0. The van der Waals surface area contributed by atoms with E-state index in [1.54, 1.807) is 0 Å². The molecule has 0 aliphatic heterocycles. The fourth-order valence-corrected chi connectivity index (χ4v) is 2.45. The largest absolute Gasteiger partial charge is 0.396 e. The normalized spacial score (nSPS) is 25.6. The fourth-order valence-electron chi connectivity index (χ4n) is 2.45. The topological polar surface area (TPSA) is 37.2 Å². The summed E-state index contributed by atoms with van der Waals surface area (Å²) in [7, 11) is 0. The van der Waals surface area contributed by atoms with Crippen LogP contribution < -0.4 is 5.32 Å². The zero-order chi connectivity index (χ0) is 11.4. The van der Waals surface area contributed by atoms with Gasteiger partial charge in [-0.3, -0.25) is 0 Å². The highest BCUT2D eigenvalue weighted by molar-refractivity contribution is 5.42. The van der Waals surface area contributed by atoms with Crippen molar-refractivity contribution in [2.45, 2.75) is 45.2 Å². The maximum atomic E-state index is 9.08. The first-order valence-electron chi connectivity index (χ1n) is 6.35. The van der Waals surface area contributed by atoms with E-state index in [1.165, 1.54) is 18.5 Å². The van der Waals surface area contributed by atoms with Gasteiger partial charge < -0.3 is 15.0 Å². The van der Waals surface area contributed by atoms with Crippen LogP contribution in [-0.4, -0.2) is 22.3 Å². The first-order chi connectivity index (χ1) is 7.81. The summed E-state index contributed by atoms with van der Waals surface area (Å²) < 4.78 is 2.18. The molecule has 0 bridgehead atoms. The van der Waals surface area contributed by atoms with Gasteiger partial charge in [-0.1, -0.05) is 0 Å². The fraction of sp³-hybridized carbons (Fsp3) is 0.692. The van der Waals surface area contributed by atoms with Crippen LogP contribution in [0.4, 0.5) is 5.69 Å². The highest BCUT2D eigenvalue weighted by atomic mass is 16.3. The molecule has 3 nitrogen and oxygen atoms in total. The van der Waals surface area contributed by atoms with Crippen molar-refractivity contribution in [2.24, 2.45) is 5.92 Å². The standard InChI is InChI=1S/C13H22N2O/c1-2-15-8-7-13(9-15)14-12-5-3-11(10-16)4-6-12/h7-9,11-12,14,16H,2-6,10H2,1H3. The van der Waals surface area contributed by atoms with Crippen molar-refractivity contribution in [2.75, 3.05) is 11.9 Å². The van der Waals surface area contributed by atoms with Gasteiger partial charge in [0.1, 0.15) is 0 Å². The van der Waals surface area contributed by atoms with Gasteiger partial charge in [-0.15, -0.1) is 0 Å². The summed E-state index contributed by atoms with van der Waals surface area (Å²) in [6.45, 7) is 3.54. The van der Waals surface area contributed by atoms with E-state index in [-0.39, 0.29) is 0 Å². The second kappa shape index (κ2) is 5.39. The summed E-state index contributed by atoms with van der Waals surface area (Å²) in [5.41, 5.74) is 1.23. The number of aliphatic hydroxyl groups excluding tert-OH is 1. The Balaban J connectivity index is 1.82. The maximum absolute atomic E-state index is 9.08. The Hall–Kier alpha value is -0.960. The lowest BCUT2D eigenvalue weighted by molar-refractivity contribution is 0.186. The van der Waals surface area contributed by atoms with Crippen LogP contribution in [0.15, 0.2) is 18.5 Å². The van der Waals surface area contributed by atoms with Crippen LogP contribution in [0.1, 0.15) is 32.6 Å². The Bertz CT molecular complexity index is 313. The number of aliphatic hydroxyl groups is 1. The van der Waals surface area contributed by atoms with Gasteiger partial charge in [0.05, 0.1) is 5.69 Å². The van der Waals surface area contributed by atoms with Crippen molar-refractivity contribution in [1.29, 1.82) is 0 Å². The molecule has 2 rings (SSSR count). The van der Waals surface area contributed by atoms with Crippen LogP contribution in [0, 0.1) is 5.92 Å². The van der Waals surface area contributed by atoms with Gasteiger partial charge in [-0.25, -0.2) is 0 Å². The Morgan fingerprint density at radius 1 is 1.38 bits per heavy atom. The molecule has 3 heteroatoms. The van der Waals surface area contributed by atoms with Crippen LogP contribution in [-0.2, 0) is 6.54 Å². The number of nitrogens with zero attached hydrogens (tertiary/aromatic N) is 1. The number of hydrogen-bond donors (Lipinski definition) is 2. The van der Waals surface area contributed by atoms with Crippen LogP contribution in [0.3, 0.4) is 0 Å². The van der Waals surface area contributed by atoms with E-state index in [2.05, 4.69) is 35.3 Å². The third-order valence-corrected chi connectivity index (χ3v) is 3.59. The highest BCUT2D eigenvalue weighted by Crippen LogP contribution is 2.26. The molecular weight excluding hydrogens is 200 g/mol. The van der Waals surface area contributed by atoms with Gasteiger partial charge in [0.2, 0.25) is 0 Å². The van der Waals surface area contributed by atoms with Gasteiger partial charge in [0, 0.05) is 31.6 Å². The molecule has 0 radical (unpaired) electrons. The highest BCUT2D eigenvalue weighted by Gasteiger charge is 2.20.